The van der Waals surface area contributed by atoms with Crippen LogP contribution in [0, 0.1) is 0 Å². The highest BCUT2D eigenvalue weighted by Crippen LogP contribution is 1.98. The molecule has 3 heteroatoms. The topological polar surface area (TPSA) is 47.3 Å². The van der Waals surface area contributed by atoms with Gasteiger partial charge < -0.3 is 15.8 Å². The van der Waals surface area contributed by atoms with E-state index in [0.29, 0.717) is 6.54 Å². The van der Waals surface area contributed by atoms with Gasteiger partial charge >= 0.3 is 0 Å². The summed E-state index contributed by atoms with van der Waals surface area (Å²) in [4.78, 5) is 0. The van der Waals surface area contributed by atoms with Gasteiger partial charge in [0.05, 0.1) is 6.10 Å². The van der Waals surface area contributed by atoms with Crippen LogP contribution in [0.4, 0.5) is 0 Å². The molecule has 0 amide bonds. The van der Waals surface area contributed by atoms with Gasteiger partial charge in [0.15, 0.2) is 0 Å². The summed E-state index contributed by atoms with van der Waals surface area (Å²) < 4.78 is 5.19. The summed E-state index contributed by atoms with van der Waals surface area (Å²) in [6.07, 6.45) is 1.13. The predicted octanol–water partition coefficient (Wildman–Crippen LogP) is 1.14. The van der Waals surface area contributed by atoms with Crippen LogP contribution < -0.4 is 11.1 Å². The molecule has 1 aromatic carbocycles. The van der Waals surface area contributed by atoms with Crippen molar-refractivity contribution < 1.29 is 4.74 Å². The lowest BCUT2D eigenvalue weighted by molar-refractivity contribution is 0.102. The summed E-state index contributed by atoms with van der Waals surface area (Å²) in [6, 6.07) is 10.4. The smallest absolute Gasteiger partial charge is 0.0705 e. The van der Waals surface area contributed by atoms with Crippen LogP contribution in [-0.4, -0.2) is 26.3 Å². The zero-order valence-corrected chi connectivity index (χ0v) is 9.28. The number of benzene rings is 1. The molecule has 0 aromatic heterocycles. The zero-order valence-electron chi connectivity index (χ0n) is 9.28. The molecule has 0 aliphatic heterocycles. The summed E-state index contributed by atoms with van der Waals surface area (Å²) in [5.74, 6) is 0. The van der Waals surface area contributed by atoms with Crippen LogP contribution in [0.3, 0.4) is 0 Å². The van der Waals surface area contributed by atoms with Crippen molar-refractivity contribution in [3.05, 3.63) is 35.9 Å². The highest BCUT2D eigenvalue weighted by molar-refractivity contribution is 5.14. The Morgan fingerprint density at radius 3 is 2.67 bits per heavy atom. The molecule has 0 aliphatic rings. The Bertz CT molecular complexity index is 247. The Morgan fingerprint density at radius 1 is 1.33 bits per heavy atom. The zero-order chi connectivity index (χ0) is 10.9. The summed E-state index contributed by atoms with van der Waals surface area (Å²) in [7, 11) is 1.70. The average molecular weight is 208 g/mol. The molecule has 1 unspecified atom stereocenters. The molecule has 0 radical (unpaired) electrons. The number of ether oxygens (including phenoxy) is 1. The largest absolute Gasteiger partial charge is 0.380 e. The van der Waals surface area contributed by atoms with E-state index in [0.717, 1.165) is 19.5 Å². The summed E-state index contributed by atoms with van der Waals surface area (Å²) in [5, 5.41) is 3.37. The fourth-order valence-corrected chi connectivity index (χ4v) is 1.42. The first kappa shape index (κ1) is 12.2. The molecule has 1 atom stereocenters. The molecule has 0 saturated carbocycles. The molecule has 0 aliphatic carbocycles. The summed E-state index contributed by atoms with van der Waals surface area (Å²) in [5.41, 5.74) is 6.83. The van der Waals surface area contributed by atoms with Crippen LogP contribution in [0.15, 0.2) is 30.3 Å². The molecule has 0 saturated heterocycles. The average Bonchev–Trinajstić information content (AvgIpc) is 2.31. The van der Waals surface area contributed by atoms with E-state index in [1.165, 1.54) is 5.56 Å². The second-order valence-electron chi connectivity index (χ2n) is 3.54. The Labute approximate surface area is 91.6 Å². The molecule has 0 fully saturated rings. The molecule has 0 spiro atoms. The lowest BCUT2D eigenvalue weighted by Crippen LogP contribution is -2.27. The Balaban J connectivity index is 2.12. The quantitative estimate of drug-likeness (QED) is 0.661. The highest BCUT2D eigenvalue weighted by Gasteiger charge is 2.02. The maximum Gasteiger partial charge on any atom is 0.0705 e. The van der Waals surface area contributed by atoms with Gasteiger partial charge in [-0.05, 0) is 18.5 Å². The van der Waals surface area contributed by atoms with E-state index in [1.807, 2.05) is 6.07 Å². The number of hydrogen-bond donors (Lipinski definition) is 2. The van der Waals surface area contributed by atoms with Crippen LogP contribution >= 0.6 is 0 Å². The third-order valence-electron chi connectivity index (χ3n) is 2.41. The first-order valence-corrected chi connectivity index (χ1v) is 5.34. The summed E-state index contributed by atoms with van der Waals surface area (Å²) in [6.45, 7) is 2.43. The second-order valence-corrected chi connectivity index (χ2v) is 3.54. The van der Waals surface area contributed by atoms with E-state index in [-0.39, 0.29) is 6.10 Å². The normalized spacial score (nSPS) is 12.7. The Hall–Kier alpha value is -0.900. The van der Waals surface area contributed by atoms with Crippen LogP contribution in [0.1, 0.15) is 12.0 Å². The lowest BCUT2D eigenvalue weighted by atomic mass is 10.2. The van der Waals surface area contributed by atoms with Gasteiger partial charge in [-0.2, -0.15) is 0 Å². The molecular formula is C12H20N2O. The van der Waals surface area contributed by atoms with Crippen molar-refractivity contribution in [3.63, 3.8) is 0 Å². The summed E-state index contributed by atoms with van der Waals surface area (Å²) >= 11 is 0. The van der Waals surface area contributed by atoms with Gasteiger partial charge in [-0.3, -0.25) is 0 Å². The van der Waals surface area contributed by atoms with E-state index in [9.17, 15) is 0 Å². The van der Waals surface area contributed by atoms with Crippen LogP contribution in [0.25, 0.3) is 0 Å². The fraction of sp³-hybridized carbons (Fsp3) is 0.500. The molecule has 3 N–H and O–H groups in total. The predicted molar refractivity (Wildman–Crippen MR) is 62.6 cm³/mol. The van der Waals surface area contributed by atoms with Gasteiger partial charge in [0.2, 0.25) is 0 Å². The Kier molecular flexibility index (Phi) is 6.00. The number of nitrogens with one attached hydrogen (secondary N) is 1. The Morgan fingerprint density at radius 2 is 2.07 bits per heavy atom. The van der Waals surface area contributed by atoms with Gasteiger partial charge in [0.25, 0.3) is 0 Å². The second kappa shape index (κ2) is 7.40. The van der Waals surface area contributed by atoms with Crippen molar-refractivity contribution in [3.8, 4) is 0 Å². The van der Waals surface area contributed by atoms with Crippen LogP contribution in [-0.2, 0) is 11.3 Å². The van der Waals surface area contributed by atoms with Crippen molar-refractivity contribution in [1.29, 1.82) is 0 Å². The maximum absolute atomic E-state index is 5.52. The first-order chi connectivity index (χ1) is 7.36. The number of methoxy groups -OCH3 is 1. The van der Waals surface area contributed by atoms with Gasteiger partial charge in [-0.15, -0.1) is 0 Å². The SMILES string of the molecule is COC(CN)CCNCc1ccccc1. The van der Waals surface area contributed by atoms with E-state index < -0.39 is 0 Å². The van der Waals surface area contributed by atoms with Crippen molar-refractivity contribution in [2.24, 2.45) is 5.73 Å². The van der Waals surface area contributed by atoms with E-state index in [4.69, 9.17) is 10.5 Å². The van der Waals surface area contributed by atoms with Gasteiger partial charge in [-0.1, -0.05) is 30.3 Å². The first-order valence-electron chi connectivity index (χ1n) is 5.34. The van der Waals surface area contributed by atoms with Crippen molar-refractivity contribution in [2.45, 2.75) is 19.1 Å². The lowest BCUT2D eigenvalue weighted by Gasteiger charge is -2.12. The third-order valence-corrected chi connectivity index (χ3v) is 2.41. The fourth-order valence-electron chi connectivity index (χ4n) is 1.42. The van der Waals surface area contributed by atoms with Crippen molar-refractivity contribution >= 4 is 0 Å². The minimum absolute atomic E-state index is 0.174. The standard InChI is InChI=1S/C12H20N2O/c1-15-12(9-13)7-8-14-10-11-5-3-2-4-6-11/h2-6,12,14H,7-10,13H2,1H3. The van der Waals surface area contributed by atoms with E-state index >= 15 is 0 Å². The van der Waals surface area contributed by atoms with E-state index in [1.54, 1.807) is 7.11 Å². The minimum Gasteiger partial charge on any atom is -0.380 e. The third kappa shape index (κ3) is 4.93. The van der Waals surface area contributed by atoms with Gasteiger partial charge in [-0.25, -0.2) is 0 Å². The molecule has 1 rings (SSSR count). The molecular weight excluding hydrogens is 188 g/mol. The number of hydrogen-bond acceptors (Lipinski definition) is 3. The molecule has 0 heterocycles. The van der Waals surface area contributed by atoms with Crippen molar-refractivity contribution in [2.75, 3.05) is 20.2 Å². The minimum atomic E-state index is 0.174. The van der Waals surface area contributed by atoms with E-state index in [2.05, 4.69) is 29.6 Å². The molecule has 1 aromatic rings. The number of nitrogens with two attached hydrogens (primary N) is 1. The molecule has 3 nitrogen and oxygen atoms in total. The number of rotatable bonds is 7. The molecule has 15 heavy (non-hydrogen) atoms. The molecule has 84 valence electrons. The monoisotopic (exact) mass is 208 g/mol. The van der Waals surface area contributed by atoms with Crippen LogP contribution in [0.2, 0.25) is 0 Å². The van der Waals surface area contributed by atoms with Crippen molar-refractivity contribution in [1.82, 2.24) is 5.32 Å². The molecule has 0 bridgehead atoms. The van der Waals surface area contributed by atoms with Gasteiger partial charge in [0, 0.05) is 20.2 Å². The highest BCUT2D eigenvalue weighted by atomic mass is 16.5. The maximum atomic E-state index is 5.52. The van der Waals surface area contributed by atoms with Gasteiger partial charge in [0.1, 0.15) is 0 Å². The van der Waals surface area contributed by atoms with Crippen LogP contribution in [0.5, 0.6) is 0 Å².